The molecule has 0 N–H and O–H groups in total. The maximum absolute atomic E-state index is 10.4. The Morgan fingerprint density at radius 1 is 1.40 bits per heavy atom. The molecule has 2 aromatic heterocycles. The van der Waals surface area contributed by atoms with Crippen LogP contribution in [0.1, 0.15) is 15.4 Å². The van der Waals surface area contributed by atoms with E-state index >= 15 is 0 Å². The van der Waals surface area contributed by atoms with Gasteiger partial charge in [-0.25, -0.2) is 4.98 Å². The summed E-state index contributed by atoms with van der Waals surface area (Å²) in [5.74, 6) is 0.675. The van der Waals surface area contributed by atoms with E-state index in [4.69, 9.17) is 4.74 Å². The first-order valence-corrected chi connectivity index (χ1v) is 5.33. The number of carbonyl (C=O) groups excluding carboxylic acids is 1. The van der Waals surface area contributed by atoms with Crippen LogP contribution < -0.4 is 4.74 Å². The van der Waals surface area contributed by atoms with Gasteiger partial charge in [-0.1, -0.05) is 6.07 Å². The molecule has 76 valence electrons. The highest BCUT2D eigenvalue weighted by atomic mass is 32.1. The second kappa shape index (κ2) is 4.70. The van der Waals surface area contributed by atoms with Crippen LogP contribution in [0.2, 0.25) is 0 Å². The Hall–Kier alpha value is -1.68. The quantitative estimate of drug-likeness (QED) is 0.742. The van der Waals surface area contributed by atoms with Gasteiger partial charge in [0, 0.05) is 4.88 Å². The lowest BCUT2D eigenvalue weighted by molar-refractivity contribution is 0.111. The van der Waals surface area contributed by atoms with Gasteiger partial charge >= 0.3 is 0 Å². The van der Waals surface area contributed by atoms with E-state index in [-0.39, 0.29) is 0 Å². The van der Waals surface area contributed by atoms with Crippen molar-refractivity contribution < 1.29 is 9.53 Å². The molecule has 0 radical (unpaired) electrons. The minimum Gasteiger partial charge on any atom is -0.486 e. The summed E-state index contributed by atoms with van der Waals surface area (Å²) in [7, 11) is 0. The lowest BCUT2D eigenvalue weighted by Crippen LogP contribution is -1.94. The van der Waals surface area contributed by atoms with Crippen molar-refractivity contribution in [1.82, 2.24) is 4.98 Å². The monoisotopic (exact) mass is 219 g/mol. The first-order valence-electron chi connectivity index (χ1n) is 4.45. The number of rotatable bonds is 4. The van der Waals surface area contributed by atoms with Gasteiger partial charge in [0.25, 0.3) is 0 Å². The third kappa shape index (κ3) is 2.63. The molecule has 2 rings (SSSR count). The van der Waals surface area contributed by atoms with Crippen LogP contribution in [0.4, 0.5) is 0 Å². The Labute approximate surface area is 91.4 Å². The zero-order chi connectivity index (χ0) is 10.5. The van der Waals surface area contributed by atoms with Crippen LogP contribution in [0.15, 0.2) is 35.8 Å². The van der Waals surface area contributed by atoms with Crippen LogP contribution in [-0.2, 0) is 6.61 Å². The molecule has 2 heterocycles. The number of aldehydes is 1. The van der Waals surface area contributed by atoms with Crippen LogP contribution in [-0.4, -0.2) is 11.3 Å². The topological polar surface area (TPSA) is 39.2 Å². The van der Waals surface area contributed by atoms with Gasteiger partial charge in [-0.2, -0.15) is 0 Å². The average molecular weight is 219 g/mol. The SMILES string of the molecule is O=Cc1ccc(OCc2cccs2)cn1. The molecule has 0 aliphatic rings. The smallest absolute Gasteiger partial charge is 0.168 e. The first-order chi connectivity index (χ1) is 7.38. The summed E-state index contributed by atoms with van der Waals surface area (Å²) in [5, 5.41) is 2.01. The third-order valence-electron chi connectivity index (χ3n) is 1.84. The van der Waals surface area contributed by atoms with E-state index in [1.54, 1.807) is 29.7 Å². The van der Waals surface area contributed by atoms with E-state index in [0.717, 1.165) is 4.88 Å². The maximum atomic E-state index is 10.4. The van der Waals surface area contributed by atoms with Crippen molar-refractivity contribution in [2.24, 2.45) is 0 Å². The van der Waals surface area contributed by atoms with Crippen molar-refractivity contribution in [2.75, 3.05) is 0 Å². The first kappa shape index (κ1) is 9.86. The van der Waals surface area contributed by atoms with E-state index < -0.39 is 0 Å². The predicted octanol–water partition coefficient (Wildman–Crippen LogP) is 2.53. The van der Waals surface area contributed by atoms with Crippen molar-refractivity contribution in [3.05, 3.63) is 46.4 Å². The molecule has 0 aromatic carbocycles. The van der Waals surface area contributed by atoms with Gasteiger partial charge in [0.2, 0.25) is 0 Å². The molecular weight excluding hydrogens is 210 g/mol. The summed E-state index contributed by atoms with van der Waals surface area (Å²) in [6, 6.07) is 7.37. The van der Waals surface area contributed by atoms with Crippen molar-refractivity contribution in [1.29, 1.82) is 0 Å². The van der Waals surface area contributed by atoms with Crippen molar-refractivity contribution in [2.45, 2.75) is 6.61 Å². The van der Waals surface area contributed by atoms with Gasteiger partial charge in [0.15, 0.2) is 6.29 Å². The third-order valence-corrected chi connectivity index (χ3v) is 2.69. The Kier molecular flexibility index (Phi) is 3.09. The molecular formula is C11H9NO2S. The van der Waals surface area contributed by atoms with E-state index in [2.05, 4.69) is 4.98 Å². The highest BCUT2D eigenvalue weighted by Gasteiger charge is 1.97. The molecule has 0 saturated carbocycles. The zero-order valence-electron chi connectivity index (χ0n) is 7.92. The predicted molar refractivity (Wildman–Crippen MR) is 58.3 cm³/mol. The molecule has 0 atom stereocenters. The van der Waals surface area contributed by atoms with Gasteiger partial charge in [-0.15, -0.1) is 11.3 Å². The second-order valence-electron chi connectivity index (χ2n) is 2.90. The van der Waals surface area contributed by atoms with Crippen LogP contribution in [0.3, 0.4) is 0 Å². The number of thiophene rings is 1. The normalized spacial score (nSPS) is 9.87. The van der Waals surface area contributed by atoms with Crippen molar-refractivity contribution in [3.63, 3.8) is 0 Å². The van der Waals surface area contributed by atoms with E-state index in [9.17, 15) is 4.79 Å². The lowest BCUT2D eigenvalue weighted by atomic mass is 10.4. The number of nitrogens with zero attached hydrogens (tertiary/aromatic N) is 1. The molecule has 15 heavy (non-hydrogen) atoms. The summed E-state index contributed by atoms with van der Waals surface area (Å²) < 4.78 is 5.48. The molecule has 0 unspecified atom stereocenters. The number of pyridine rings is 1. The van der Waals surface area contributed by atoms with Crippen molar-refractivity contribution >= 4 is 17.6 Å². The van der Waals surface area contributed by atoms with E-state index in [0.29, 0.717) is 24.3 Å². The van der Waals surface area contributed by atoms with Gasteiger partial charge in [-0.3, -0.25) is 4.79 Å². The largest absolute Gasteiger partial charge is 0.486 e. The molecule has 2 aromatic rings. The number of ether oxygens (including phenoxy) is 1. The highest BCUT2D eigenvalue weighted by Crippen LogP contribution is 2.14. The lowest BCUT2D eigenvalue weighted by Gasteiger charge is -2.03. The fourth-order valence-electron chi connectivity index (χ4n) is 1.10. The summed E-state index contributed by atoms with van der Waals surface area (Å²) >= 11 is 1.65. The van der Waals surface area contributed by atoms with Gasteiger partial charge in [0.1, 0.15) is 18.1 Å². The van der Waals surface area contributed by atoms with Gasteiger partial charge in [0.05, 0.1) is 6.20 Å². The zero-order valence-corrected chi connectivity index (χ0v) is 8.74. The number of aromatic nitrogens is 1. The molecule has 0 fully saturated rings. The maximum Gasteiger partial charge on any atom is 0.168 e. The molecule has 0 saturated heterocycles. The van der Waals surface area contributed by atoms with Crippen LogP contribution in [0, 0.1) is 0 Å². The van der Waals surface area contributed by atoms with E-state index in [1.165, 1.54) is 0 Å². The Bertz CT molecular complexity index is 422. The Balaban J connectivity index is 1.96. The number of carbonyl (C=O) groups is 1. The standard InChI is InChI=1S/C11H9NO2S/c13-7-9-3-4-10(6-12-9)14-8-11-2-1-5-15-11/h1-7H,8H2. The average Bonchev–Trinajstić information content (AvgIpc) is 2.80. The van der Waals surface area contributed by atoms with Crippen molar-refractivity contribution in [3.8, 4) is 5.75 Å². The van der Waals surface area contributed by atoms with Gasteiger partial charge < -0.3 is 4.74 Å². The number of hydrogen-bond acceptors (Lipinski definition) is 4. The highest BCUT2D eigenvalue weighted by molar-refractivity contribution is 7.09. The fraction of sp³-hybridized carbons (Fsp3) is 0.0909. The summed E-state index contributed by atoms with van der Waals surface area (Å²) in [6.45, 7) is 0.541. The fourth-order valence-corrected chi connectivity index (χ4v) is 1.71. The molecule has 0 spiro atoms. The molecule has 0 aliphatic heterocycles. The molecule has 3 nitrogen and oxygen atoms in total. The summed E-state index contributed by atoms with van der Waals surface area (Å²) in [5.41, 5.74) is 0.415. The molecule has 4 heteroatoms. The number of hydrogen-bond donors (Lipinski definition) is 0. The van der Waals surface area contributed by atoms with Gasteiger partial charge in [-0.05, 0) is 23.6 Å². The minimum atomic E-state index is 0.415. The second-order valence-corrected chi connectivity index (χ2v) is 3.94. The van der Waals surface area contributed by atoms with Crippen LogP contribution in [0.5, 0.6) is 5.75 Å². The molecule has 0 aliphatic carbocycles. The Morgan fingerprint density at radius 3 is 2.93 bits per heavy atom. The summed E-state index contributed by atoms with van der Waals surface area (Å²) in [4.78, 5) is 15.4. The summed E-state index contributed by atoms with van der Waals surface area (Å²) in [6.07, 6.45) is 2.26. The van der Waals surface area contributed by atoms with Crippen LogP contribution in [0.25, 0.3) is 0 Å². The van der Waals surface area contributed by atoms with Crippen LogP contribution >= 0.6 is 11.3 Å². The molecule has 0 bridgehead atoms. The Morgan fingerprint density at radius 2 is 2.33 bits per heavy atom. The van der Waals surface area contributed by atoms with E-state index in [1.807, 2.05) is 17.5 Å². The molecule has 0 amide bonds. The minimum absolute atomic E-state index is 0.415.